The Morgan fingerprint density at radius 2 is 1.77 bits per heavy atom. The molecule has 0 spiro atoms. The van der Waals surface area contributed by atoms with Crippen molar-refractivity contribution in [2.75, 3.05) is 4.90 Å². The van der Waals surface area contributed by atoms with Gasteiger partial charge in [0.15, 0.2) is 5.13 Å². The van der Waals surface area contributed by atoms with E-state index in [2.05, 4.69) is 4.98 Å². The number of hydrogen-bond donors (Lipinski definition) is 1. The number of hydrogen-bond acceptors (Lipinski definition) is 3. The highest BCUT2D eigenvalue weighted by molar-refractivity contribution is 7.14. The molecule has 3 aromatic rings. The first-order valence-electron chi connectivity index (χ1n) is 6.51. The van der Waals surface area contributed by atoms with Crippen LogP contribution >= 0.6 is 11.3 Å². The molecule has 3 rings (SSSR count). The fourth-order valence-electron chi connectivity index (χ4n) is 2.03. The molecule has 0 saturated heterocycles. The van der Waals surface area contributed by atoms with Crippen molar-refractivity contribution in [3.8, 4) is 11.3 Å². The number of halogens is 1. The zero-order chi connectivity index (χ0) is 15.5. The van der Waals surface area contributed by atoms with Crippen LogP contribution in [0.3, 0.4) is 0 Å². The number of nitrogens with two attached hydrogens (primary N) is 1. The van der Waals surface area contributed by atoms with Crippen molar-refractivity contribution in [1.29, 1.82) is 0 Å². The second-order valence-corrected chi connectivity index (χ2v) is 5.37. The molecule has 0 saturated carbocycles. The first kappa shape index (κ1) is 14.2. The van der Waals surface area contributed by atoms with Gasteiger partial charge < -0.3 is 5.73 Å². The Morgan fingerprint density at radius 1 is 1.09 bits per heavy atom. The standard InChI is InChI=1S/C16H12FN3OS/c17-12-8-6-11(7-9-12)14-10-22-16(19-14)20(15(18)21)13-4-2-1-3-5-13/h1-10H,(H2,18,21). The van der Waals surface area contributed by atoms with E-state index in [1.165, 1.54) is 28.4 Å². The molecular weight excluding hydrogens is 301 g/mol. The van der Waals surface area contributed by atoms with Gasteiger partial charge >= 0.3 is 6.03 Å². The first-order valence-corrected chi connectivity index (χ1v) is 7.39. The summed E-state index contributed by atoms with van der Waals surface area (Å²) < 4.78 is 13.0. The number of carbonyl (C=O) groups excluding carboxylic acids is 1. The lowest BCUT2D eigenvalue weighted by Gasteiger charge is -2.16. The van der Waals surface area contributed by atoms with E-state index in [1.54, 1.807) is 29.6 Å². The van der Waals surface area contributed by atoms with E-state index in [0.717, 1.165) is 5.56 Å². The molecule has 2 amide bonds. The number of aromatic nitrogens is 1. The van der Waals surface area contributed by atoms with Crippen LogP contribution in [0.15, 0.2) is 60.0 Å². The lowest BCUT2D eigenvalue weighted by molar-refractivity contribution is 0.256. The molecule has 110 valence electrons. The molecule has 2 aromatic carbocycles. The number of urea groups is 1. The lowest BCUT2D eigenvalue weighted by atomic mass is 10.2. The van der Waals surface area contributed by atoms with E-state index < -0.39 is 6.03 Å². The Morgan fingerprint density at radius 3 is 2.41 bits per heavy atom. The molecule has 0 fully saturated rings. The number of carbonyl (C=O) groups is 1. The minimum Gasteiger partial charge on any atom is -0.351 e. The molecule has 0 bridgehead atoms. The Kier molecular flexibility index (Phi) is 3.84. The maximum Gasteiger partial charge on any atom is 0.325 e. The maximum absolute atomic E-state index is 13.0. The summed E-state index contributed by atoms with van der Waals surface area (Å²) in [5.41, 5.74) is 7.57. The third kappa shape index (κ3) is 2.82. The molecule has 0 aliphatic carbocycles. The Hall–Kier alpha value is -2.73. The average Bonchev–Trinajstić information content (AvgIpc) is 2.98. The van der Waals surface area contributed by atoms with Crippen LogP contribution in [0.4, 0.5) is 20.0 Å². The van der Waals surface area contributed by atoms with E-state index in [9.17, 15) is 9.18 Å². The van der Waals surface area contributed by atoms with Gasteiger partial charge in [-0.15, -0.1) is 11.3 Å². The second kappa shape index (κ2) is 5.95. The van der Waals surface area contributed by atoms with Crippen LogP contribution in [0.25, 0.3) is 11.3 Å². The number of rotatable bonds is 3. The van der Waals surface area contributed by atoms with Crippen molar-refractivity contribution in [2.24, 2.45) is 5.73 Å². The Labute approximate surface area is 130 Å². The van der Waals surface area contributed by atoms with Gasteiger partial charge in [-0.25, -0.2) is 19.1 Å². The van der Waals surface area contributed by atoms with Crippen LogP contribution in [0.2, 0.25) is 0 Å². The fraction of sp³-hybridized carbons (Fsp3) is 0. The lowest BCUT2D eigenvalue weighted by Crippen LogP contribution is -2.31. The molecule has 0 aliphatic heterocycles. The quantitative estimate of drug-likeness (QED) is 0.789. The zero-order valence-corrected chi connectivity index (χ0v) is 12.3. The molecule has 0 radical (unpaired) electrons. The predicted molar refractivity (Wildman–Crippen MR) is 85.7 cm³/mol. The van der Waals surface area contributed by atoms with Gasteiger partial charge in [0.1, 0.15) is 5.82 Å². The van der Waals surface area contributed by atoms with Crippen LogP contribution in [-0.4, -0.2) is 11.0 Å². The predicted octanol–water partition coefficient (Wildman–Crippen LogP) is 4.17. The molecule has 1 heterocycles. The number of anilines is 2. The highest BCUT2D eigenvalue weighted by atomic mass is 32.1. The van der Waals surface area contributed by atoms with E-state index in [1.807, 2.05) is 18.2 Å². The molecule has 2 N–H and O–H groups in total. The molecule has 6 heteroatoms. The smallest absolute Gasteiger partial charge is 0.325 e. The highest BCUT2D eigenvalue weighted by Crippen LogP contribution is 2.31. The summed E-state index contributed by atoms with van der Waals surface area (Å²) in [7, 11) is 0. The Balaban J connectivity index is 1.97. The SMILES string of the molecule is NC(=O)N(c1ccccc1)c1nc(-c2ccc(F)cc2)cs1. The van der Waals surface area contributed by atoms with E-state index in [4.69, 9.17) is 5.73 Å². The zero-order valence-electron chi connectivity index (χ0n) is 11.4. The van der Waals surface area contributed by atoms with Crippen molar-refractivity contribution < 1.29 is 9.18 Å². The minimum absolute atomic E-state index is 0.303. The summed E-state index contributed by atoms with van der Waals surface area (Å²) in [5.74, 6) is -0.303. The largest absolute Gasteiger partial charge is 0.351 e. The molecule has 0 unspecified atom stereocenters. The van der Waals surface area contributed by atoms with Gasteiger partial charge in [-0.2, -0.15) is 0 Å². The Bertz CT molecular complexity index is 787. The monoisotopic (exact) mass is 313 g/mol. The second-order valence-electron chi connectivity index (χ2n) is 4.53. The average molecular weight is 313 g/mol. The molecule has 1 aromatic heterocycles. The van der Waals surface area contributed by atoms with E-state index in [0.29, 0.717) is 16.5 Å². The van der Waals surface area contributed by atoms with Crippen LogP contribution in [-0.2, 0) is 0 Å². The maximum atomic E-state index is 13.0. The molecule has 4 nitrogen and oxygen atoms in total. The number of primary amides is 1. The number of nitrogens with zero attached hydrogens (tertiary/aromatic N) is 2. The summed E-state index contributed by atoms with van der Waals surface area (Å²) in [4.78, 5) is 17.5. The van der Waals surface area contributed by atoms with Crippen LogP contribution in [0.5, 0.6) is 0 Å². The van der Waals surface area contributed by atoms with Gasteiger partial charge in [-0.3, -0.25) is 0 Å². The summed E-state index contributed by atoms with van der Waals surface area (Å²) in [6, 6.07) is 14.5. The minimum atomic E-state index is -0.605. The van der Waals surface area contributed by atoms with Crippen molar-refractivity contribution >= 4 is 28.2 Å². The van der Waals surface area contributed by atoms with Gasteiger partial charge in [-0.05, 0) is 36.4 Å². The number of amides is 2. The normalized spacial score (nSPS) is 10.4. The van der Waals surface area contributed by atoms with Crippen molar-refractivity contribution in [2.45, 2.75) is 0 Å². The van der Waals surface area contributed by atoms with Crippen LogP contribution in [0.1, 0.15) is 0 Å². The van der Waals surface area contributed by atoms with Crippen molar-refractivity contribution in [3.63, 3.8) is 0 Å². The molecular formula is C16H12FN3OS. The van der Waals surface area contributed by atoms with Crippen LogP contribution < -0.4 is 10.6 Å². The fourth-order valence-corrected chi connectivity index (χ4v) is 2.89. The van der Waals surface area contributed by atoms with Gasteiger partial charge in [0, 0.05) is 10.9 Å². The molecule has 0 aliphatic rings. The van der Waals surface area contributed by atoms with Crippen LogP contribution in [0, 0.1) is 5.82 Å². The van der Waals surface area contributed by atoms with Gasteiger partial charge in [-0.1, -0.05) is 18.2 Å². The van der Waals surface area contributed by atoms with E-state index >= 15 is 0 Å². The summed E-state index contributed by atoms with van der Waals surface area (Å²) in [5, 5.41) is 2.28. The summed E-state index contributed by atoms with van der Waals surface area (Å²) in [6.07, 6.45) is 0. The summed E-state index contributed by atoms with van der Waals surface area (Å²) >= 11 is 1.30. The van der Waals surface area contributed by atoms with Gasteiger partial charge in [0.2, 0.25) is 0 Å². The number of benzene rings is 2. The first-order chi connectivity index (χ1) is 10.6. The third-order valence-electron chi connectivity index (χ3n) is 3.06. The molecule has 22 heavy (non-hydrogen) atoms. The van der Waals surface area contributed by atoms with Crippen molar-refractivity contribution in [1.82, 2.24) is 4.98 Å². The number of para-hydroxylation sites is 1. The topological polar surface area (TPSA) is 59.2 Å². The third-order valence-corrected chi connectivity index (χ3v) is 3.88. The number of thiazole rings is 1. The van der Waals surface area contributed by atoms with Gasteiger partial charge in [0.05, 0.1) is 11.4 Å². The van der Waals surface area contributed by atoms with Gasteiger partial charge in [0.25, 0.3) is 0 Å². The molecule has 0 atom stereocenters. The van der Waals surface area contributed by atoms with Crippen molar-refractivity contribution in [3.05, 3.63) is 65.8 Å². The van der Waals surface area contributed by atoms with E-state index in [-0.39, 0.29) is 5.82 Å². The summed E-state index contributed by atoms with van der Waals surface area (Å²) in [6.45, 7) is 0. The highest BCUT2D eigenvalue weighted by Gasteiger charge is 2.18.